The molecule has 0 aromatic carbocycles. The first-order valence-corrected chi connectivity index (χ1v) is 12.9. The van der Waals surface area contributed by atoms with Gasteiger partial charge in [0.15, 0.2) is 5.78 Å². The number of hydrogen-bond acceptors (Lipinski definition) is 8. The molecular formula is C24H27ClN4O4S. The Morgan fingerprint density at radius 2 is 2.21 bits per heavy atom. The van der Waals surface area contributed by atoms with Gasteiger partial charge in [-0.3, -0.25) is 19.5 Å². The molecule has 34 heavy (non-hydrogen) atoms. The van der Waals surface area contributed by atoms with Gasteiger partial charge < -0.3 is 14.8 Å². The number of ketones is 1. The molecule has 2 aromatic rings. The number of nitrogens with one attached hydrogen (secondary N) is 1. The number of hydrogen-bond donors (Lipinski definition) is 1. The van der Waals surface area contributed by atoms with Crippen molar-refractivity contribution in [1.29, 1.82) is 0 Å². The average Bonchev–Trinajstić information content (AvgIpc) is 3.53. The minimum atomic E-state index is -0.661. The molecule has 1 amide bonds. The molecule has 4 heterocycles. The van der Waals surface area contributed by atoms with Gasteiger partial charge in [0.1, 0.15) is 22.8 Å². The predicted octanol–water partition coefficient (Wildman–Crippen LogP) is 2.63. The van der Waals surface area contributed by atoms with E-state index >= 15 is 0 Å². The monoisotopic (exact) mass is 502 g/mol. The largest absolute Gasteiger partial charge is 0.367 e. The van der Waals surface area contributed by atoms with Gasteiger partial charge in [-0.25, -0.2) is 4.98 Å². The highest BCUT2D eigenvalue weighted by Crippen LogP contribution is 2.39. The first kappa shape index (κ1) is 23.5. The third kappa shape index (κ3) is 4.30. The number of thiazole rings is 1. The number of aldehydes is 1. The summed E-state index contributed by atoms with van der Waals surface area (Å²) in [5, 5.41) is 3.42. The molecule has 0 radical (unpaired) electrons. The second-order valence-corrected chi connectivity index (χ2v) is 10.8. The fraction of sp³-hybridized carbons (Fsp3) is 0.542. The van der Waals surface area contributed by atoms with Crippen molar-refractivity contribution in [2.75, 3.05) is 13.2 Å². The first-order valence-electron chi connectivity index (χ1n) is 11.7. The molecule has 0 spiro atoms. The highest BCUT2D eigenvalue weighted by Gasteiger charge is 2.53. The van der Waals surface area contributed by atoms with Crippen molar-refractivity contribution in [3.8, 4) is 10.6 Å². The lowest BCUT2D eigenvalue weighted by Crippen LogP contribution is -2.55. The topological polar surface area (TPSA) is 101 Å². The maximum absolute atomic E-state index is 13.2. The van der Waals surface area contributed by atoms with Crippen molar-refractivity contribution in [3.63, 3.8) is 0 Å². The third-order valence-corrected chi connectivity index (χ3v) is 8.77. The molecular weight excluding hydrogens is 476 g/mol. The Morgan fingerprint density at radius 1 is 1.38 bits per heavy atom. The number of carbonyl (C=O) groups is 3. The van der Waals surface area contributed by atoms with E-state index in [1.165, 1.54) is 11.3 Å². The van der Waals surface area contributed by atoms with E-state index in [1.807, 2.05) is 12.1 Å². The summed E-state index contributed by atoms with van der Waals surface area (Å²) in [6, 6.07) is 2.69. The summed E-state index contributed by atoms with van der Waals surface area (Å²) in [7, 11) is 0. The van der Waals surface area contributed by atoms with E-state index in [2.05, 4.69) is 20.2 Å². The number of fused-ring (bicyclic) bond motifs is 1. The van der Waals surface area contributed by atoms with Crippen LogP contribution < -0.4 is 5.32 Å². The van der Waals surface area contributed by atoms with Gasteiger partial charge in [-0.1, -0.05) is 12.8 Å². The van der Waals surface area contributed by atoms with Crippen molar-refractivity contribution in [1.82, 2.24) is 20.2 Å². The Kier molecular flexibility index (Phi) is 6.79. The van der Waals surface area contributed by atoms with E-state index in [-0.39, 0.29) is 47.8 Å². The maximum atomic E-state index is 13.2. The highest BCUT2D eigenvalue weighted by molar-refractivity contribution is 7.17. The van der Waals surface area contributed by atoms with Gasteiger partial charge in [-0.15, -0.1) is 22.9 Å². The molecule has 2 unspecified atom stereocenters. The molecule has 180 valence electrons. The lowest BCUT2D eigenvalue weighted by atomic mass is 9.78. The number of carbonyl (C=O) groups excluding carboxylic acids is 3. The van der Waals surface area contributed by atoms with Crippen LogP contribution in [0.15, 0.2) is 24.5 Å². The summed E-state index contributed by atoms with van der Waals surface area (Å²) in [5.41, 5.74) is 1.46. The zero-order valence-electron chi connectivity index (χ0n) is 18.9. The Balaban J connectivity index is 1.35. The van der Waals surface area contributed by atoms with Gasteiger partial charge in [0.25, 0.3) is 5.91 Å². The molecule has 1 saturated carbocycles. The van der Waals surface area contributed by atoms with E-state index in [9.17, 15) is 14.4 Å². The lowest BCUT2D eigenvalue weighted by Gasteiger charge is -2.42. The number of halogens is 1. The van der Waals surface area contributed by atoms with Crippen LogP contribution >= 0.6 is 22.9 Å². The van der Waals surface area contributed by atoms with E-state index in [4.69, 9.17) is 16.3 Å². The van der Waals surface area contributed by atoms with Crippen LogP contribution in [0, 0.1) is 12.8 Å². The van der Waals surface area contributed by atoms with Crippen LogP contribution in [0.4, 0.5) is 0 Å². The normalized spacial score (nSPS) is 30.2. The standard InChI is InChI=1S/C24H27ClN4O4S/c1-13-22(34-24(27-13)14-5-4-8-26-9-14)23(32)28-17(11-30)15-6-2-3-7-18(15)29-10-16(25)21-20(29)19(31)12-33-21/h4-5,8-9,11,15-18,20-21H,2-3,6-7,10,12H2,1H3,(H,28,32)/t15?,16-,17?,18-,20+,21+/m0/s1. The van der Waals surface area contributed by atoms with Crippen molar-refractivity contribution in [2.45, 2.75) is 62.2 Å². The van der Waals surface area contributed by atoms with Crippen LogP contribution in [0.3, 0.4) is 0 Å². The molecule has 2 saturated heterocycles. The third-order valence-electron chi connectivity index (χ3n) is 7.18. The van der Waals surface area contributed by atoms with Crippen LogP contribution in [-0.2, 0) is 14.3 Å². The number of amides is 1. The number of ether oxygens (including phenoxy) is 1. The maximum Gasteiger partial charge on any atom is 0.263 e. The number of pyridine rings is 1. The Hall–Kier alpha value is -2.20. The molecule has 10 heteroatoms. The fourth-order valence-electron chi connectivity index (χ4n) is 5.62. The Morgan fingerprint density at radius 3 is 2.97 bits per heavy atom. The summed E-state index contributed by atoms with van der Waals surface area (Å²) in [6.07, 6.45) is 7.57. The van der Waals surface area contributed by atoms with Crippen LogP contribution in [0.1, 0.15) is 41.0 Å². The minimum Gasteiger partial charge on any atom is -0.367 e. The average molecular weight is 503 g/mol. The molecule has 3 fully saturated rings. The Bertz CT molecular complexity index is 1080. The summed E-state index contributed by atoms with van der Waals surface area (Å²) < 4.78 is 5.65. The van der Waals surface area contributed by atoms with Gasteiger partial charge in [-0.2, -0.15) is 0 Å². The number of rotatable bonds is 6. The van der Waals surface area contributed by atoms with Crippen molar-refractivity contribution >= 4 is 40.9 Å². The van der Waals surface area contributed by atoms with Crippen molar-refractivity contribution in [2.24, 2.45) is 5.92 Å². The van der Waals surface area contributed by atoms with E-state index < -0.39 is 6.04 Å². The van der Waals surface area contributed by atoms with Crippen molar-refractivity contribution in [3.05, 3.63) is 35.1 Å². The fourth-order valence-corrected chi connectivity index (χ4v) is 6.95. The number of Topliss-reactive ketones (excluding diaryl/α,β-unsaturated/α-hetero) is 1. The summed E-state index contributed by atoms with van der Waals surface area (Å²) in [6.45, 7) is 2.43. The second-order valence-electron chi connectivity index (χ2n) is 9.23. The lowest BCUT2D eigenvalue weighted by molar-refractivity contribution is -0.122. The number of alkyl halides is 1. The first-order chi connectivity index (χ1) is 16.5. The molecule has 2 aliphatic heterocycles. The van der Waals surface area contributed by atoms with Gasteiger partial charge in [0.05, 0.1) is 29.3 Å². The molecule has 6 atom stereocenters. The smallest absolute Gasteiger partial charge is 0.263 e. The molecule has 1 N–H and O–H groups in total. The van der Waals surface area contributed by atoms with Gasteiger partial charge in [0, 0.05) is 36.5 Å². The number of likely N-dealkylation sites (tertiary alicyclic amines) is 1. The highest BCUT2D eigenvalue weighted by atomic mass is 35.5. The van der Waals surface area contributed by atoms with Crippen LogP contribution in [0.25, 0.3) is 10.6 Å². The SMILES string of the molecule is Cc1nc(-c2cccnc2)sc1C(=O)NC(C=O)C1CCCC[C@@H]1N1C[C@H](Cl)[C@H]2OCC(=O)[C@H]21. The molecule has 0 bridgehead atoms. The van der Waals surface area contributed by atoms with E-state index in [0.29, 0.717) is 22.1 Å². The zero-order valence-corrected chi connectivity index (χ0v) is 20.4. The summed E-state index contributed by atoms with van der Waals surface area (Å²) in [5.74, 6) is -0.356. The predicted molar refractivity (Wildman–Crippen MR) is 128 cm³/mol. The summed E-state index contributed by atoms with van der Waals surface area (Å²) in [4.78, 5) is 49.3. The van der Waals surface area contributed by atoms with Crippen LogP contribution in [-0.4, -0.2) is 75.6 Å². The molecule has 2 aromatic heterocycles. The van der Waals surface area contributed by atoms with Gasteiger partial charge in [0.2, 0.25) is 0 Å². The van der Waals surface area contributed by atoms with E-state index in [1.54, 1.807) is 19.3 Å². The Labute approximate surface area is 207 Å². The summed E-state index contributed by atoms with van der Waals surface area (Å²) >= 11 is 7.81. The van der Waals surface area contributed by atoms with E-state index in [0.717, 1.165) is 37.5 Å². The number of aryl methyl sites for hydroxylation is 1. The quantitative estimate of drug-likeness (QED) is 0.478. The molecule has 3 aliphatic rings. The number of nitrogens with zero attached hydrogens (tertiary/aromatic N) is 3. The molecule has 8 nitrogen and oxygen atoms in total. The van der Waals surface area contributed by atoms with Crippen LogP contribution in [0.5, 0.6) is 0 Å². The zero-order chi connectivity index (χ0) is 23.8. The van der Waals surface area contributed by atoms with Gasteiger partial charge in [-0.05, 0) is 31.9 Å². The van der Waals surface area contributed by atoms with Crippen LogP contribution in [0.2, 0.25) is 0 Å². The van der Waals surface area contributed by atoms with Gasteiger partial charge >= 0.3 is 0 Å². The molecule has 1 aliphatic carbocycles. The number of aromatic nitrogens is 2. The minimum absolute atomic E-state index is 0.0142. The molecule has 5 rings (SSSR count). The van der Waals surface area contributed by atoms with Crippen molar-refractivity contribution < 1.29 is 19.1 Å². The second kappa shape index (κ2) is 9.81.